The quantitative estimate of drug-likeness (QED) is 0.751. The maximum Gasteiger partial charge on any atom is 0.225 e. The van der Waals surface area contributed by atoms with Crippen molar-refractivity contribution in [3.63, 3.8) is 0 Å². The fourth-order valence-electron chi connectivity index (χ4n) is 4.30. The van der Waals surface area contributed by atoms with E-state index in [0.29, 0.717) is 30.2 Å². The van der Waals surface area contributed by atoms with E-state index in [1.807, 2.05) is 0 Å². The highest BCUT2D eigenvalue weighted by molar-refractivity contribution is 5.79. The molecule has 28 heavy (non-hydrogen) atoms. The number of rotatable bonds is 6. The zero-order chi connectivity index (χ0) is 20.9. The minimum absolute atomic E-state index is 0.144. The molecule has 2 amide bonds. The lowest BCUT2D eigenvalue weighted by Gasteiger charge is -2.36. The van der Waals surface area contributed by atoms with Gasteiger partial charge in [0.2, 0.25) is 11.8 Å². The van der Waals surface area contributed by atoms with E-state index in [4.69, 9.17) is 0 Å². The van der Waals surface area contributed by atoms with Crippen LogP contribution in [0.5, 0.6) is 0 Å². The van der Waals surface area contributed by atoms with Gasteiger partial charge >= 0.3 is 0 Å². The van der Waals surface area contributed by atoms with Crippen molar-refractivity contribution in [1.82, 2.24) is 15.1 Å². The van der Waals surface area contributed by atoms with Crippen LogP contribution in [-0.2, 0) is 9.59 Å². The molecule has 0 spiro atoms. The molecule has 0 aliphatic carbocycles. The molecular formula is C23H43N3O2. The van der Waals surface area contributed by atoms with Gasteiger partial charge in [-0.1, -0.05) is 41.5 Å². The number of nitrogens with one attached hydrogen (secondary N) is 1. The van der Waals surface area contributed by atoms with Gasteiger partial charge in [0.1, 0.15) is 0 Å². The fourth-order valence-corrected chi connectivity index (χ4v) is 4.30. The lowest BCUT2D eigenvalue weighted by Crippen LogP contribution is -2.44. The summed E-state index contributed by atoms with van der Waals surface area (Å²) in [6.45, 7) is 18.8. The predicted octanol–water partition coefficient (Wildman–Crippen LogP) is 3.54. The number of nitrogens with zero attached hydrogens (tertiary/aromatic N) is 2. The van der Waals surface area contributed by atoms with Gasteiger partial charge in [-0.15, -0.1) is 0 Å². The number of hydrogen-bond acceptors (Lipinski definition) is 3. The molecule has 1 unspecified atom stereocenters. The summed E-state index contributed by atoms with van der Waals surface area (Å²) in [5.41, 5.74) is 0.507. The van der Waals surface area contributed by atoms with Gasteiger partial charge < -0.3 is 15.1 Å². The first kappa shape index (κ1) is 23.2. The number of likely N-dealkylation sites (tertiary alicyclic amines) is 2. The largest absolute Gasteiger partial charge is 0.356 e. The van der Waals surface area contributed by atoms with Crippen LogP contribution in [0.1, 0.15) is 73.6 Å². The van der Waals surface area contributed by atoms with Gasteiger partial charge in [-0.2, -0.15) is 0 Å². The molecule has 162 valence electrons. The highest BCUT2D eigenvalue weighted by Crippen LogP contribution is 2.26. The molecule has 2 aliphatic rings. The first-order valence-electron chi connectivity index (χ1n) is 11.2. The van der Waals surface area contributed by atoms with Crippen LogP contribution < -0.4 is 5.32 Å². The zero-order valence-corrected chi connectivity index (χ0v) is 19.1. The van der Waals surface area contributed by atoms with E-state index in [1.165, 1.54) is 0 Å². The molecule has 2 rings (SSSR count). The van der Waals surface area contributed by atoms with E-state index in [0.717, 1.165) is 58.4 Å². The van der Waals surface area contributed by atoms with Gasteiger partial charge in [0.25, 0.3) is 0 Å². The molecule has 1 atom stereocenters. The van der Waals surface area contributed by atoms with Crippen molar-refractivity contribution in [2.24, 2.45) is 22.7 Å². The molecule has 0 saturated carbocycles. The first-order chi connectivity index (χ1) is 12.9. The van der Waals surface area contributed by atoms with Gasteiger partial charge in [0, 0.05) is 38.5 Å². The van der Waals surface area contributed by atoms with E-state index in [2.05, 4.69) is 56.7 Å². The van der Waals surface area contributed by atoms with Gasteiger partial charge in [0.15, 0.2) is 0 Å². The van der Waals surface area contributed by atoms with Gasteiger partial charge in [-0.3, -0.25) is 9.59 Å². The molecule has 5 nitrogen and oxygen atoms in total. The summed E-state index contributed by atoms with van der Waals surface area (Å²) >= 11 is 0. The molecule has 5 heteroatoms. The second-order valence-corrected chi connectivity index (χ2v) is 11.4. The standard InChI is InChI=1S/C23H43N3O2/c1-22(2,3)11-7-20(27)24-15-18-8-14-26(16-18)21(28)19-9-12-25(13-10-19)17-23(4,5)6/h18-19H,7-17H2,1-6H3,(H,24,27). The van der Waals surface area contributed by atoms with Crippen molar-refractivity contribution in [2.45, 2.75) is 73.6 Å². The molecule has 0 aromatic carbocycles. The molecule has 2 aliphatic heterocycles. The van der Waals surface area contributed by atoms with Crippen LogP contribution in [0.3, 0.4) is 0 Å². The number of amides is 2. The summed E-state index contributed by atoms with van der Waals surface area (Å²) in [5.74, 6) is 1.09. The van der Waals surface area contributed by atoms with E-state index in [-0.39, 0.29) is 17.2 Å². The van der Waals surface area contributed by atoms with Crippen LogP contribution in [0.4, 0.5) is 0 Å². The number of piperidine rings is 1. The highest BCUT2D eigenvalue weighted by atomic mass is 16.2. The van der Waals surface area contributed by atoms with Gasteiger partial charge in [-0.05, 0) is 55.5 Å². The maximum atomic E-state index is 12.9. The lowest BCUT2D eigenvalue weighted by molar-refractivity contribution is -0.136. The average Bonchev–Trinajstić information content (AvgIpc) is 3.05. The van der Waals surface area contributed by atoms with Crippen molar-refractivity contribution >= 4 is 11.8 Å². The minimum Gasteiger partial charge on any atom is -0.356 e. The first-order valence-corrected chi connectivity index (χ1v) is 11.2. The van der Waals surface area contributed by atoms with E-state index in [1.54, 1.807) is 0 Å². The Morgan fingerprint density at radius 2 is 1.57 bits per heavy atom. The van der Waals surface area contributed by atoms with Gasteiger partial charge in [-0.25, -0.2) is 0 Å². The van der Waals surface area contributed by atoms with Gasteiger partial charge in [0.05, 0.1) is 0 Å². The van der Waals surface area contributed by atoms with Crippen molar-refractivity contribution in [3.8, 4) is 0 Å². The van der Waals surface area contributed by atoms with Crippen LogP contribution in [0.15, 0.2) is 0 Å². The zero-order valence-electron chi connectivity index (χ0n) is 19.1. The van der Waals surface area contributed by atoms with E-state index in [9.17, 15) is 9.59 Å². The third-order valence-corrected chi connectivity index (χ3v) is 5.92. The van der Waals surface area contributed by atoms with Crippen LogP contribution in [0.25, 0.3) is 0 Å². The molecule has 0 bridgehead atoms. The molecule has 0 aromatic rings. The maximum absolute atomic E-state index is 12.9. The third kappa shape index (κ3) is 8.10. The van der Waals surface area contributed by atoms with Crippen LogP contribution in [0.2, 0.25) is 0 Å². The monoisotopic (exact) mass is 393 g/mol. The summed E-state index contributed by atoms with van der Waals surface area (Å²) in [4.78, 5) is 29.5. The Labute approximate surface area is 172 Å². The van der Waals surface area contributed by atoms with Crippen LogP contribution in [-0.4, -0.2) is 60.9 Å². The summed E-state index contributed by atoms with van der Waals surface area (Å²) < 4.78 is 0. The number of carbonyl (C=O) groups is 2. The van der Waals surface area contributed by atoms with E-state index < -0.39 is 0 Å². The summed E-state index contributed by atoms with van der Waals surface area (Å²) in [6.07, 6.45) is 4.47. The van der Waals surface area contributed by atoms with Crippen molar-refractivity contribution in [3.05, 3.63) is 0 Å². The van der Waals surface area contributed by atoms with Crippen LogP contribution >= 0.6 is 0 Å². The summed E-state index contributed by atoms with van der Waals surface area (Å²) in [7, 11) is 0. The molecule has 2 fully saturated rings. The van der Waals surface area contributed by atoms with Crippen molar-refractivity contribution < 1.29 is 9.59 Å². The second-order valence-electron chi connectivity index (χ2n) is 11.4. The fraction of sp³-hybridized carbons (Fsp3) is 0.913. The van der Waals surface area contributed by atoms with Crippen molar-refractivity contribution in [2.75, 3.05) is 39.3 Å². The molecule has 0 aromatic heterocycles. The summed E-state index contributed by atoms with van der Waals surface area (Å²) in [6, 6.07) is 0. The molecule has 2 heterocycles. The topological polar surface area (TPSA) is 52.7 Å². The Morgan fingerprint density at radius 1 is 0.929 bits per heavy atom. The molecule has 0 radical (unpaired) electrons. The second kappa shape index (κ2) is 9.60. The number of carbonyl (C=O) groups excluding carboxylic acids is 2. The summed E-state index contributed by atoms with van der Waals surface area (Å²) in [5, 5.41) is 3.08. The lowest BCUT2D eigenvalue weighted by atomic mass is 9.90. The Kier molecular flexibility index (Phi) is 7.95. The SMILES string of the molecule is CC(C)(C)CCC(=O)NCC1CCN(C(=O)C2CCN(CC(C)(C)C)CC2)C1. The molecule has 1 N–H and O–H groups in total. The predicted molar refractivity (Wildman–Crippen MR) is 115 cm³/mol. The Balaban J connectivity index is 1.68. The smallest absolute Gasteiger partial charge is 0.225 e. The Bertz CT molecular complexity index is 525. The van der Waals surface area contributed by atoms with Crippen molar-refractivity contribution in [1.29, 1.82) is 0 Å². The Hall–Kier alpha value is -1.10. The Morgan fingerprint density at radius 3 is 2.14 bits per heavy atom. The van der Waals surface area contributed by atoms with Crippen LogP contribution in [0, 0.1) is 22.7 Å². The highest BCUT2D eigenvalue weighted by Gasteiger charge is 2.33. The minimum atomic E-state index is 0.144. The third-order valence-electron chi connectivity index (χ3n) is 5.92. The normalized spacial score (nSPS) is 22.5. The molecular weight excluding hydrogens is 350 g/mol. The average molecular weight is 394 g/mol. The van der Waals surface area contributed by atoms with E-state index >= 15 is 0 Å². The molecule has 2 saturated heterocycles. The number of hydrogen-bond donors (Lipinski definition) is 1.